The minimum atomic E-state index is -0.420. The van der Waals surface area contributed by atoms with Crippen molar-refractivity contribution in [1.29, 1.82) is 0 Å². The Balaban J connectivity index is 2.53. The molecule has 1 aliphatic heterocycles. The molecule has 2 amide bonds. The number of likely N-dealkylation sites (tertiary alicyclic amines) is 1. The van der Waals surface area contributed by atoms with E-state index >= 15 is 0 Å². The molecule has 1 saturated heterocycles. The molecular weight excluding hydrogens is 188 g/mol. The molecular formula is C8H14N2O2S. The fraction of sp³-hybridized carbons (Fsp3) is 0.750. The molecule has 2 atom stereocenters. The van der Waals surface area contributed by atoms with Gasteiger partial charge in [0, 0.05) is 6.54 Å². The molecule has 0 spiro atoms. The summed E-state index contributed by atoms with van der Waals surface area (Å²) in [7, 11) is 0. The van der Waals surface area contributed by atoms with Crippen molar-refractivity contribution < 1.29 is 9.59 Å². The van der Waals surface area contributed by atoms with E-state index in [9.17, 15) is 9.59 Å². The van der Waals surface area contributed by atoms with Crippen LogP contribution < -0.4 is 5.73 Å². The SMILES string of the molecule is CCC(S)C(=O)N1CCC1C(N)=O. The van der Waals surface area contributed by atoms with Gasteiger partial charge in [-0.1, -0.05) is 6.92 Å². The van der Waals surface area contributed by atoms with Crippen molar-refractivity contribution in [2.24, 2.45) is 5.73 Å². The Hall–Kier alpha value is -0.710. The van der Waals surface area contributed by atoms with Crippen LogP contribution in [0.4, 0.5) is 0 Å². The van der Waals surface area contributed by atoms with E-state index in [1.165, 1.54) is 4.90 Å². The molecule has 0 aromatic heterocycles. The first-order chi connectivity index (χ1) is 6.07. The smallest absolute Gasteiger partial charge is 0.240 e. The summed E-state index contributed by atoms with van der Waals surface area (Å²) in [6.07, 6.45) is 1.36. The average Bonchev–Trinajstić information content (AvgIpc) is 1.99. The lowest BCUT2D eigenvalue weighted by molar-refractivity contribution is -0.145. The Morgan fingerprint density at radius 1 is 1.69 bits per heavy atom. The molecule has 0 bridgehead atoms. The zero-order valence-corrected chi connectivity index (χ0v) is 8.46. The van der Waals surface area contributed by atoms with Gasteiger partial charge in [0.1, 0.15) is 6.04 Å². The lowest BCUT2D eigenvalue weighted by atomic mass is 10.0. The molecule has 4 nitrogen and oxygen atoms in total. The Morgan fingerprint density at radius 2 is 2.31 bits per heavy atom. The predicted molar refractivity (Wildman–Crippen MR) is 52.4 cm³/mol. The zero-order valence-electron chi connectivity index (χ0n) is 7.56. The number of carbonyl (C=O) groups is 2. The van der Waals surface area contributed by atoms with Crippen molar-refractivity contribution in [3.63, 3.8) is 0 Å². The highest BCUT2D eigenvalue weighted by molar-refractivity contribution is 7.81. The third kappa shape index (κ3) is 1.96. The average molecular weight is 202 g/mol. The maximum absolute atomic E-state index is 11.5. The van der Waals surface area contributed by atoms with Gasteiger partial charge in [-0.2, -0.15) is 12.6 Å². The van der Waals surface area contributed by atoms with Gasteiger partial charge in [0.15, 0.2) is 0 Å². The number of thiol groups is 1. The van der Waals surface area contributed by atoms with Crippen molar-refractivity contribution in [2.75, 3.05) is 6.54 Å². The van der Waals surface area contributed by atoms with Gasteiger partial charge in [-0.15, -0.1) is 0 Å². The molecule has 0 radical (unpaired) electrons. The third-order valence-electron chi connectivity index (χ3n) is 2.30. The number of nitrogens with zero attached hydrogens (tertiary/aromatic N) is 1. The molecule has 1 fully saturated rings. The van der Waals surface area contributed by atoms with Gasteiger partial charge in [-0.25, -0.2) is 0 Å². The normalized spacial score (nSPS) is 23.5. The summed E-state index contributed by atoms with van der Waals surface area (Å²) in [5, 5.41) is -0.304. The first-order valence-corrected chi connectivity index (χ1v) is 4.87. The van der Waals surface area contributed by atoms with E-state index in [1.54, 1.807) is 0 Å². The first-order valence-electron chi connectivity index (χ1n) is 4.35. The highest BCUT2D eigenvalue weighted by Crippen LogP contribution is 2.20. The zero-order chi connectivity index (χ0) is 10.0. The number of rotatable bonds is 3. The van der Waals surface area contributed by atoms with E-state index in [1.807, 2.05) is 6.92 Å². The summed E-state index contributed by atoms with van der Waals surface area (Å²) < 4.78 is 0. The van der Waals surface area contributed by atoms with Crippen LogP contribution in [0.5, 0.6) is 0 Å². The largest absolute Gasteiger partial charge is 0.368 e. The van der Waals surface area contributed by atoms with Crippen LogP contribution in [-0.4, -0.2) is 34.6 Å². The maximum atomic E-state index is 11.5. The standard InChI is InChI=1S/C8H14N2O2S/c1-2-6(13)8(12)10-4-3-5(10)7(9)11/h5-6,13H,2-4H2,1H3,(H2,9,11). The molecule has 0 aromatic rings. The molecule has 0 aromatic carbocycles. The van der Waals surface area contributed by atoms with Crippen molar-refractivity contribution in [3.05, 3.63) is 0 Å². The number of primary amides is 1. The molecule has 0 saturated carbocycles. The lowest BCUT2D eigenvalue weighted by Crippen LogP contribution is -2.58. The quantitative estimate of drug-likeness (QED) is 0.622. The molecule has 13 heavy (non-hydrogen) atoms. The Morgan fingerprint density at radius 3 is 2.62 bits per heavy atom. The third-order valence-corrected chi connectivity index (χ3v) is 2.89. The maximum Gasteiger partial charge on any atom is 0.240 e. The summed E-state index contributed by atoms with van der Waals surface area (Å²) in [5.41, 5.74) is 5.11. The van der Waals surface area contributed by atoms with Gasteiger partial charge in [-0.05, 0) is 12.8 Å². The van der Waals surface area contributed by atoms with E-state index in [4.69, 9.17) is 5.73 Å². The minimum absolute atomic E-state index is 0.0825. The molecule has 5 heteroatoms. The molecule has 2 N–H and O–H groups in total. The monoisotopic (exact) mass is 202 g/mol. The summed E-state index contributed by atoms with van der Waals surface area (Å²) in [5.74, 6) is -0.503. The van der Waals surface area contributed by atoms with Crippen LogP contribution >= 0.6 is 12.6 Å². The Kier molecular flexibility index (Phi) is 3.19. The second-order valence-corrected chi connectivity index (χ2v) is 3.79. The van der Waals surface area contributed by atoms with Gasteiger partial charge in [0.25, 0.3) is 0 Å². The molecule has 74 valence electrons. The van der Waals surface area contributed by atoms with Gasteiger partial charge >= 0.3 is 0 Å². The first kappa shape index (κ1) is 10.4. The number of hydrogen-bond donors (Lipinski definition) is 2. The van der Waals surface area contributed by atoms with Crippen LogP contribution in [0.2, 0.25) is 0 Å². The van der Waals surface area contributed by atoms with Gasteiger partial charge in [-0.3, -0.25) is 9.59 Å². The highest BCUT2D eigenvalue weighted by atomic mass is 32.1. The number of amides is 2. The van der Waals surface area contributed by atoms with Gasteiger partial charge < -0.3 is 10.6 Å². The van der Waals surface area contributed by atoms with E-state index in [0.29, 0.717) is 19.4 Å². The summed E-state index contributed by atoms with van der Waals surface area (Å²) in [6.45, 7) is 2.51. The number of nitrogens with two attached hydrogens (primary N) is 1. The molecule has 0 aliphatic carbocycles. The summed E-state index contributed by atoms with van der Waals surface area (Å²) in [4.78, 5) is 23.8. The van der Waals surface area contributed by atoms with Crippen LogP contribution in [0.15, 0.2) is 0 Å². The van der Waals surface area contributed by atoms with E-state index < -0.39 is 11.9 Å². The summed E-state index contributed by atoms with van der Waals surface area (Å²) >= 11 is 4.12. The Bertz CT molecular complexity index is 232. The second kappa shape index (κ2) is 4.00. The van der Waals surface area contributed by atoms with Crippen molar-refractivity contribution in [2.45, 2.75) is 31.1 Å². The lowest BCUT2D eigenvalue weighted by Gasteiger charge is -2.39. The van der Waals surface area contributed by atoms with E-state index in [2.05, 4.69) is 12.6 Å². The molecule has 1 rings (SSSR count). The number of hydrogen-bond acceptors (Lipinski definition) is 3. The van der Waals surface area contributed by atoms with Crippen LogP contribution in [0.3, 0.4) is 0 Å². The van der Waals surface area contributed by atoms with Crippen molar-refractivity contribution in [3.8, 4) is 0 Å². The predicted octanol–water partition coefficient (Wildman–Crippen LogP) is -0.219. The van der Waals surface area contributed by atoms with E-state index in [-0.39, 0.29) is 11.2 Å². The van der Waals surface area contributed by atoms with Crippen LogP contribution in [-0.2, 0) is 9.59 Å². The van der Waals surface area contributed by atoms with Crippen LogP contribution in [0, 0.1) is 0 Å². The Labute approximate surface area is 82.9 Å². The number of carbonyl (C=O) groups excluding carboxylic acids is 2. The highest BCUT2D eigenvalue weighted by Gasteiger charge is 2.37. The van der Waals surface area contributed by atoms with Gasteiger partial charge in [0.05, 0.1) is 5.25 Å². The topological polar surface area (TPSA) is 63.4 Å². The van der Waals surface area contributed by atoms with Crippen molar-refractivity contribution >= 4 is 24.4 Å². The fourth-order valence-electron chi connectivity index (χ4n) is 1.31. The van der Waals surface area contributed by atoms with Gasteiger partial charge in [0.2, 0.25) is 11.8 Å². The minimum Gasteiger partial charge on any atom is -0.368 e. The molecule has 2 unspecified atom stereocenters. The van der Waals surface area contributed by atoms with Crippen LogP contribution in [0.1, 0.15) is 19.8 Å². The van der Waals surface area contributed by atoms with Crippen LogP contribution in [0.25, 0.3) is 0 Å². The fourth-order valence-corrected chi connectivity index (χ4v) is 1.46. The molecule has 1 aliphatic rings. The molecule has 1 heterocycles. The van der Waals surface area contributed by atoms with E-state index in [0.717, 1.165) is 0 Å². The van der Waals surface area contributed by atoms with Crippen molar-refractivity contribution in [1.82, 2.24) is 4.90 Å². The second-order valence-electron chi connectivity index (χ2n) is 3.16. The summed E-state index contributed by atoms with van der Waals surface area (Å²) in [6, 6.07) is -0.395.